The molecule has 0 bridgehead atoms. The van der Waals surface area contributed by atoms with Crippen molar-refractivity contribution in [3.63, 3.8) is 0 Å². The fraction of sp³-hybridized carbons (Fsp3) is 0.462. The van der Waals surface area contributed by atoms with Gasteiger partial charge in [-0.2, -0.15) is 0 Å². The molecule has 15 heavy (non-hydrogen) atoms. The lowest BCUT2D eigenvalue weighted by Gasteiger charge is -2.06. The lowest BCUT2D eigenvalue weighted by Crippen LogP contribution is -2.03. The van der Waals surface area contributed by atoms with Crippen molar-refractivity contribution in [1.29, 1.82) is 5.41 Å². The van der Waals surface area contributed by atoms with Crippen LogP contribution in [0.15, 0.2) is 30.3 Å². The second-order valence-electron chi connectivity index (χ2n) is 3.65. The highest BCUT2D eigenvalue weighted by atomic mass is 16.5. The van der Waals surface area contributed by atoms with E-state index in [4.69, 9.17) is 10.1 Å². The maximum absolute atomic E-state index is 7.59. The third-order valence-electron chi connectivity index (χ3n) is 2.26. The van der Waals surface area contributed by atoms with Crippen LogP contribution >= 0.6 is 0 Å². The third kappa shape index (κ3) is 5.21. The first kappa shape index (κ1) is 11.8. The van der Waals surface area contributed by atoms with E-state index in [1.807, 2.05) is 30.3 Å². The Kier molecular flexibility index (Phi) is 5.52. The fourth-order valence-electron chi connectivity index (χ4n) is 1.35. The van der Waals surface area contributed by atoms with Gasteiger partial charge in [-0.25, -0.2) is 0 Å². The van der Waals surface area contributed by atoms with Gasteiger partial charge in [0, 0.05) is 6.42 Å². The van der Waals surface area contributed by atoms with Crippen molar-refractivity contribution in [2.75, 3.05) is 0 Å². The van der Waals surface area contributed by atoms with E-state index in [0.717, 1.165) is 18.4 Å². The Hall–Kier alpha value is -1.31. The highest BCUT2D eigenvalue weighted by Gasteiger charge is 1.98. The summed E-state index contributed by atoms with van der Waals surface area (Å²) in [6, 6.07) is 9.98. The molecule has 0 aliphatic heterocycles. The van der Waals surface area contributed by atoms with Crippen LogP contribution in [0, 0.1) is 5.41 Å². The van der Waals surface area contributed by atoms with Crippen LogP contribution in [-0.4, -0.2) is 5.90 Å². The topological polar surface area (TPSA) is 33.1 Å². The number of ether oxygens (including phenoxy) is 1. The minimum Gasteiger partial charge on any atom is -0.476 e. The van der Waals surface area contributed by atoms with E-state index < -0.39 is 0 Å². The van der Waals surface area contributed by atoms with Gasteiger partial charge in [0.15, 0.2) is 5.90 Å². The van der Waals surface area contributed by atoms with Crippen LogP contribution in [0.25, 0.3) is 0 Å². The minimum atomic E-state index is 0.410. The maximum Gasteiger partial charge on any atom is 0.180 e. The van der Waals surface area contributed by atoms with Crippen LogP contribution in [0.3, 0.4) is 0 Å². The molecule has 0 aliphatic rings. The molecule has 0 spiro atoms. The second-order valence-corrected chi connectivity index (χ2v) is 3.65. The molecule has 1 N–H and O–H groups in total. The molecule has 0 atom stereocenters. The minimum absolute atomic E-state index is 0.410. The summed E-state index contributed by atoms with van der Waals surface area (Å²) in [4.78, 5) is 0. The standard InChI is InChI=1S/C13H19NO/c1-2-3-5-10-13(14)15-11-12-8-6-4-7-9-12/h4,6-9,14H,2-3,5,10-11H2,1H3. The first-order valence-electron chi connectivity index (χ1n) is 5.57. The van der Waals surface area contributed by atoms with Crippen LogP contribution < -0.4 is 0 Å². The Labute approximate surface area is 91.8 Å². The van der Waals surface area contributed by atoms with E-state index in [1.54, 1.807) is 0 Å². The lowest BCUT2D eigenvalue weighted by atomic mass is 10.2. The zero-order chi connectivity index (χ0) is 10.9. The number of hydrogen-bond donors (Lipinski definition) is 1. The number of benzene rings is 1. The number of unbranched alkanes of at least 4 members (excludes halogenated alkanes) is 2. The van der Waals surface area contributed by atoms with Gasteiger partial charge in [-0.05, 0) is 12.0 Å². The second kappa shape index (κ2) is 7.04. The molecule has 0 unspecified atom stereocenters. The summed E-state index contributed by atoms with van der Waals surface area (Å²) in [6.45, 7) is 2.68. The molecule has 0 saturated carbocycles. The largest absolute Gasteiger partial charge is 0.476 e. The SMILES string of the molecule is CCCCCC(=N)OCc1ccccc1. The highest BCUT2D eigenvalue weighted by molar-refractivity contribution is 5.72. The first-order chi connectivity index (χ1) is 7.33. The molecule has 1 rings (SSSR count). The molecule has 1 aromatic rings. The van der Waals surface area contributed by atoms with Crippen molar-refractivity contribution in [2.24, 2.45) is 0 Å². The van der Waals surface area contributed by atoms with Crippen molar-refractivity contribution in [2.45, 2.75) is 39.2 Å². The number of nitrogens with one attached hydrogen (secondary N) is 1. The summed E-state index contributed by atoms with van der Waals surface area (Å²) in [7, 11) is 0. The summed E-state index contributed by atoms with van der Waals surface area (Å²) in [6.07, 6.45) is 4.19. The summed E-state index contributed by atoms with van der Waals surface area (Å²) in [5.41, 5.74) is 1.12. The molecular formula is C13H19NO. The highest BCUT2D eigenvalue weighted by Crippen LogP contribution is 2.04. The summed E-state index contributed by atoms with van der Waals surface area (Å²) in [5.74, 6) is 0.410. The Morgan fingerprint density at radius 1 is 1.20 bits per heavy atom. The van der Waals surface area contributed by atoms with Gasteiger partial charge in [0.1, 0.15) is 6.61 Å². The normalized spacial score (nSPS) is 9.93. The molecule has 0 fully saturated rings. The van der Waals surface area contributed by atoms with Gasteiger partial charge in [-0.3, -0.25) is 5.41 Å². The molecule has 0 aliphatic carbocycles. The van der Waals surface area contributed by atoms with Crippen molar-refractivity contribution in [1.82, 2.24) is 0 Å². The number of rotatable bonds is 6. The first-order valence-corrected chi connectivity index (χ1v) is 5.57. The lowest BCUT2D eigenvalue weighted by molar-refractivity contribution is 0.279. The molecule has 0 radical (unpaired) electrons. The molecule has 0 aromatic heterocycles. The molecular weight excluding hydrogens is 186 g/mol. The predicted octanol–water partition coefficient (Wildman–Crippen LogP) is 3.76. The smallest absolute Gasteiger partial charge is 0.180 e. The molecule has 0 amide bonds. The molecule has 0 heterocycles. The quantitative estimate of drug-likeness (QED) is 0.428. The Bertz CT molecular complexity index is 282. The average molecular weight is 205 g/mol. The van der Waals surface area contributed by atoms with E-state index in [0.29, 0.717) is 12.5 Å². The molecule has 2 nitrogen and oxygen atoms in total. The summed E-state index contributed by atoms with van der Waals surface area (Å²) >= 11 is 0. The van der Waals surface area contributed by atoms with Crippen LogP contribution in [0.1, 0.15) is 38.2 Å². The number of hydrogen-bond acceptors (Lipinski definition) is 2. The summed E-state index contributed by atoms with van der Waals surface area (Å²) in [5, 5.41) is 7.59. The van der Waals surface area contributed by atoms with Gasteiger partial charge in [-0.1, -0.05) is 50.1 Å². The summed E-state index contributed by atoms with van der Waals surface area (Å²) < 4.78 is 5.36. The van der Waals surface area contributed by atoms with Crippen molar-refractivity contribution < 1.29 is 4.74 Å². The van der Waals surface area contributed by atoms with Gasteiger partial charge in [0.25, 0.3) is 0 Å². The van der Waals surface area contributed by atoms with Crippen LogP contribution in [0.5, 0.6) is 0 Å². The van der Waals surface area contributed by atoms with Gasteiger partial charge >= 0.3 is 0 Å². The van der Waals surface area contributed by atoms with Crippen LogP contribution in [0.4, 0.5) is 0 Å². The van der Waals surface area contributed by atoms with Gasteiger partial charge in [-0.15, -0.1) is 0 Å². The zero-order valence-electron chi connectivity index (χ0n) is 9.33. The molecule has 0 saturated heterocycles. The Balaban J connectivity index is 2.17. The van der Waals surface area contributed by atoms with Crippen molar-refractivity contribution >= 4 is 5.90 Å². The van der Waals surface area contributed by atoms with Crippen LogP contribution in [-0.2, 0) is 11.3 Å². The van der Waals surface area contributed by atoms with E-state index in [2.05, 4.69) is 6.92 Å². The molecule has 82 valence electrons. The molecule has 2 heteroatoms. The zero-order valence-corrected chi connectivity index (χ0v) is 9.33. The van der Waals surface area contributed by atoms with E-state index in [1.165, 1.54) is 12.8 Å². The van der Waals surface area contributed by atoms with Crippen LogP contribution in [0.2, 0.25) is 0 Å². The fourth-order valence-corrected chi connectivity index (χ4v) is 1.35. The van der Waals surface area contributed by atoms with Gasteiger partial charge < -0.3 is 4.74 Å². The van der Waals surface area contributed by atoms with E-state index >= 15 is 0 Å². The monoisotopic (exact) mass is 205 g/mol. The Morgan fingerprint density at radius 2 is 1.93 bits per heavy atom. The third-order valence-corrected chi connectivity index (χ3v) is 2.26. The molecule has 1 aromatic carbocycles. The average Bonchev–Trinajstić information content (AvgIpc) is 2.28. The Morgan fingerprint density at radius 3 is 2.60 bits per heavy atom. The maximum atomic E-state index is 7.59. The van der Waals surface area contributed by atoms with E-state index in [-0.39, 0.29) is 0 Å². The van der Waals surface area contributed by atoms with Gasteiger partial charge in [0.05, 0.1) is 0 Å². The van der Waals surface area contributed by atoms with Gasteiger partial charge in [0.2, 0.25) is 0 Å². The predicted molar refractivity (Wildman–Crippen MR) is 63.1 cm³/mol. The van der Waals surface area contributed by atoms with Crippen molar-refractivity contribution in [3.05, 3.63) is 35.9 Å². The van der Waals surface area contributed by atoms with E-state index in [9.17, 15) is 0 Å². The van der Waals surface area contributed by atoms with Crippen molar-refractivity contribution in [3.8, 4) is 0 Å².